The number of hydrogen-bond donors (Lipinski definition) is 1. The van der Waals surface area contributed by atoms with E-state index in [0.717, 1.165) is 23.1 Å². The van der Waals surface area contributed by atoms with E-state index < -0.39 is 0 Å². The van der Waals surface area contributed by atoms with Crippen molar-refractivity contribution in [2.45, 2.75) is 6.10 Å². The normalized spacial score (nSPS) is 19.1. The van der Waals surface area contributed by atoms with Crippen molar-refractivity contribution in [3.63, 3.8) is 0 Å². The van der Waals surface area contributed by atoms with E-state index in [-0.39, 0.29) is 6.10 Å². The summed E-state index contributed by atoms with van der Waals surface area (Å²) >= 11 is 3.56. The van der Waals surface area contributed by atoms with Gasteiger partial charge in [0.1, 0.15) is 0 Å². The molecule has 6 heteroatoms. The first kappa shape index (κ1) is 14.4. The summed E-state index contributed by atoms with van der Waals surface area (Å²) in [5.74, 6) is 1.85. The minimum absolute atomic E-state index is 0.0714. The van der Waals surface area contributed by atoms with Gasteiger partial charge in [-0.25, -0.2) is 0 Å². The van der Waals surface area contributed by atoms with E-state index in [9.17, 15) is 0 Å². The number of nitrogens with one attached hydrogen (secondary N) is 1. The van der Waals surface area contributed by atoms with Crippen LogP contribution in [-0.4, -0.2) is 41.0 Å². The first-order chi connectivity index (χ1) is 9.22. The highest BCUT2D eigenvalue weighted by Gasteiger charge is 2.27. The molecular formula is C13H18BrNO4. The zero-order valence-electron chi connectivity index (χ0n) is 11.3. The van der Waals surface area contributed by atoms with E-state index >= 15 is 0 Å². The van der Waals surface area contributed by atoms with Gasteiger partial charge < -0.3 is 24.3 Å². The van der Waals surface area contributed by atoms with Crippen molar-refractivity contribution >= 4 is 15.9 Å². The third-order valence-corrected chi connectivity index (χ3v) is 3.72. The maximum atomic E-state index is 5.79. The lowest BCUT2D eigenvalue weighted by atomic mass is 10.1. The van der Waals surface area contributed by atoms with Crippen LogP contribution in [0.5, 0.6) is 17.2 Å². The summed E-state index contributed by atoms with van der Waals surface area (Å²) < 4.78 is 22.9. The molecule has 1 aromatic carbocycles. The van der Waals surface area contributed by atoms with Gasteiger partial charge in [-0.3, -0.25) is 0 Å². The number of halogens is 1. The molecule has 5 nitrogen and oxygen atoms in total. The fraction of sp³-hybridized carbons (Fsp3) is 0.538. The molecule has 2 rings (SSSR count). The Labute approximate surface area is 121 Å². The van der Waals surface area contributed by atoms with Gasteiger partial charge in [0.05, 0.1) is 34.0 Å². The van der Waals surface area contributed by atoms with E-state index in [4.69, 9.17) is 18.9 Å². The van der Waals surface area contributed by atoms with E-state index in [1.165, 1.54) is 0 Å². The van der Waals surface area contributed by atoms with Gasteiger partial charge in [-0.05, 0) is 6.07 Å². The molecule has 1 aliphatic rings. The Morgan fingerprint density at radius 1 is 1.21 bits per heavy atom. The van der Waals surface area contributed by atoms with E-state index in [1.807, 2.05) is 6.07 Å². The van der Waals surface area contributed by atoms with Crippen molar-refractivity contribution in [3.05, 3.63) is 16.1 Å². The van der Waals surface area contributed by atoms with Gasteiger partial charge >= 0.3 is 0 Å². The van der Waals surface area contributed by atoms with Crippen molar-refractivity contribution in [2.75, 3.05) is 41.0 Å². The van der Waals surface area contributed by atoms with Crippen LogP contribution in [0.15, 0.2) is 10.5 Å². The molecule has 1 saturated heterocycles. The van der Waals surface area contributed by atoms with Gasteiger partial charge in [-0.15, -0.1) is 0 Å². The molecule has 0 aromatic heterocycles. The Kier molecular flexibility index (Phi) is 4.90. The van der Waals surface area contributed by atoms with E-state index in [1.54, 1.807) is 21.3 Å². The second kappa shape index (κ2) is 6.45. The monoisotopic (exact) mass is 331 g/mol. The molecule has 0 bridgehead atoms. The van der Waals surface area contributed by atoms with Crippen LogP contribution in [0.2, 0.25) is 0 Å². The van der Waals surface area contributed by atoms with Crippen LogP contribution < -0.4 is 19.5 Å². The van der Waals surface area contributed by atoms with Crippen LogP contribution in [0, 0.1) is 0 Å². The zero-order chi connectivity index (χ0) is 13.8. The molecule has 1 fully saturated rings. The van der Waals surface area contributed by atoms with Crippen LogP contribution in [-0.2, 0) is 4.74 Å². The van der Waals surface area contributed by atoms with Crippen molar-refractivity contribution in [1.29, 1.82) is 0 Å². The Balaban J connectivity index is 2.51. The second-order valence-corrected chi connectivity index (χ2v) is 4.96. The Hall–Kier alpha value is -0.980. The van der Waals surface area contributed by atoms with Gasteiger partial charge in [0.15, 0.2) is 11.5 Å². The summed E-state index contributed by atoms with van der Waals surface area (Å²) in [5, 5.41) is 3.30. The smallest absolute Gasteiger partial charge is 0.203 e. The van der Waals surface area contributed by atoms with Gasteiger partial charge in [-0.1, -0.05) is 15.9 Å². The SMILES string of the molecule is COc1cc(Br)c(C2CNCCO2)c(OC)c1OC. The van der Waals surface area contributed by atoms with Crippen LogP contribution in [0.3, 0.4) is 0 Å². The highest BCUT2D eigenvalue weighted by molar-refractivity contribution is 9.10. The van der Waals surface area contributed by atoms with Crippen LogP contribution in [0.4, 0.5) is 0 Å². The van der Waals surface area contributed by atoms with Crippen LogP contribution in [0.1, 0.15) is 11.7 Å². The average Bonchev–Trinajstić information content (AvgIpc) is 2.46. The maximum Gasteiger partial charge on any atom is 0.203 e. The molecule has 0 radical (unpaired) electrons. The molecule has 0 aliphatic carbocycles. The van der Waals surface area contributed by atoms with Gasteiger partial charge in [-0.2, -0.15) is 0 Å². The predicted octanol–water partition coefficient (Wildman–Crippen LogP) is 2.14. The number of morpholine rings is 1. The summed E-state index contributed by atoms with van der Waals surface area (Å²) in [6.45, 7) is 2.28. The fourth-order valence-electron chi connectivity index (χ4n) is 2.20. The zero-order valence-corrected chi connectivity index (χ0v) is 12.9. The molecule has 1 heterocycles. The first-order valence-corrected chi connectivity index (χ1v) is 6.82. The Bertz CT molecular complexity index is 447. The lowest BCUT2D eigenvalue weighted by molar-refractivity contribution is 0.0255. The topological polar surface area (TPSA) is 49.0 Å². The highest BCUT2D eigenvalue weighted by Crippen LogP contribution is 2.47. The molecule has 1 N–H and O–H groups in total. The van der Waals surface area contributed by atoms with Crippen molar-refractivity contribution < 1.29 is 18.9 Å². The number of ether oxygens (including phenoxy) is 4. The van der Waals surface area contributed by atoms with Gasteiger partial charge in [0.2, 0.25) is 5.75 Å². The highest BCUT2D eigenvalue weighted by atomic mass is 79.9. The number of methoxy groups -OCH3 is 3. The molecule has 0 spiro atoms. The second-order valence-electron chi connectivity index (χ2n) is 4.10. The van der Waals surface area contributed by atoms with E-state index in [2.05, 4.69) is 21.2 Å². The third kappa shape index (κ3) is 2.80. The molecule has 0 saturated carbocycles. The van der Waals surface area contributed by atoms with Crippen LogP contribution in [0.25, 0.3) is 0 Å². The van der Waals surface area contributed by atoms with Crippen molar-refractivity contribution in [2.24, 2.45) is 0 Å². The summed E-state index contributed by atoms with van der Waals surface area (Å²) in [6, 6.07) is 1.87. The van der Waals surface area contributed by atoms with Crippen molar-refractivity contribution in [3.8, 4) is 17.2 Å². The van der Waals surface area contributed by atoms with Crippen LogP contribution >= 0.6 is 15.9 Å². The predicted molar refractivity (Wildman–Crippen MR) is 75.4 cm³/mol. The Morgan fingerprint density at radius 2 is 1.95 bits per heavy atom. The molecule has 1 atom stereocenters. The Morgan fingerprint density at radius 3 is 2.47 bits per heavy atom. The minimum atomic E-state index is -0.0714. The summed E-state index contributed by atoms with van der Waals surface area (Å²) in [7, 11) is 4.81. The van der Waals surface area contributed by atoms with Crippen molar-refractivity contribution in [1.82, 2.24) is 5.32 Å². The quantitative estimate of drug-likeness (QED) is 0.915. The van der Waals surface area contributed by atoms with Gasteiger partial charge in [0.25, 0.3) is 0 Å². The minimum Gasteiger partial charge on any atom is -0.493 e. The summed E-state index contributed by atoms with van der Waals surface area (Å²) in [4.78, 5) is 0. The third-order valence-electron chi connectivity index (χ3n) is 3.07. The molecule has 1 aliphatic heterocycles. The fourth-order valence-corrected chi connectivity index (χ4v) is 2.84. The molecule has 19 heavy (non-hydrogen) atoms. The summed E-state index contributed by atoms with van der Waals surface area (Å²) in [5.41, 5.74) is 0.937. The standard InChI is InChI=1S/C13H18BrNO4/c1-16-9-6-8(14)11(10-7-15-4-5-19-10)13(18-3)12(9)17-2/h6,10,15H,4-5,7H2,1-3H3. The first-order valence-electron chi connectivity index (χ1n) is 6.03. The van der Waals surface area contributed by atoms with Gasteiger partial charge in [0, 0.05) is 23.1 Å². The van der Waals surface area contributed by atoms with E-state index in [0.29, 0.717) is 23.9 Å². The lowest BCUT2D eigenvalue weighted by Crippen LogP contribution is -2.33. The number of hydrogen-bond acceptors (Lipinski definition) is 5. The lowest BCUT2D eigenvalue weighted by Gasteiger charge is -2.27. The molecule has 1 aromatic rings. The average molecular weight is 332 g/mol. The maximum absolute atomic E-state index is 5.79. The molecular weight excluding hydrogens is 314 g/mol. The molecule has 1 unspecified atom stereocenters. The number of benzene rings is 1. The molecule has 106 valence electrons. The number of rotatable bonds is 4. The largest absolute Gasteiger partial charge is 0.493 e. The molecule has 0 amide bonds. The summed E-state index contributed by atoms with van der Waals surface area (Å²) in [6.07, 6.45) is -0.0714.